The number of carbonyl (C=O) groups is 2. The van der Waals surface area contributed by atoms with Crippen molar-refractivity contribution in [2.75, 3.05) is 13.1 Å². The van der Waals surface area contributed by atoms with E-state index < -0.39 is 33.5 Å². The van der Waals surface area contributed by atoms with E-state index in [-0.39, 0.29) is 34.5 Å². The maximum absolute atomic E-state index is 12.7. The molecule has 1 atom stereocenters. The van der Waals surface area contributed by atoms with E-state index in [4.69, 9.17) is 5.11 Å². The molecular weight excluding hydrogens is 374 g/mol. The van der Waals surface area contributed by atoms with Gasteiger partial charge < -0.3 is 15.4 Å². The summed E-state index contributed by atoms with van der Waals surface area (Å²) in [5.41, 5.74) is -0.387. The number of aromatic nitrogens is 1. The van der Waals surface area contributed by atoms with Crippen LogP contribution in [-0.4, -0.2) is 53.8 Å². The molecule has 1 aromatic heterocycles. The number of rotatable bonds is 7. The molecule has 0 unspecified atom stereocenters. The number of hydrogen-bond acceptors (Lipinski definition) is 5. The first-order chi connectivity index (χ1) is 12.6. The van der Waals surface area contributed by atoms with Crippen LogP contribution in [-0.2, 0) is 14.8 Å². The Bertz CT molecular complexity index is 1040. The van der Waals surface area contributed by atoms with Crippen LogP contribution in [0.2, 0.25) is 0 Å². The number of amides is 1. The fraction of sp³-hybridized carbons (Fsp3) is 0.353. The molecule has 0 spiro atoms. The minimum absolute atomic E-state index is 0.0221. The number of benzene rings is 1. The van der Waals surface area contributed by atoms with Crippen LogP contribution in [0.4, 0.5) is 0 Å². The van der Waals surface area contributed by atoms with Gasteiger partial charge in [0.25, 0.3) is 5.91 Å². The number of carboxylic acid groups (broad SMARTS) is 1. The molecule has 2 rings (SSSR count). The normalized spacial score (nSPS) is 12.9. The lowest BCUT2D eigenvalue weighted by Crippen LogP contribution is -2.38. The number of H-pyrrole nitrogens is 1. The number of hydrogen-bond donors (Lipinski definition) is 3. The lowest BCUT2D eigenvalue weighted by Gasteiger charge is -2.19. The molecule has 2 aromatic rings. The van der Waals surface area contributed by atoms with Crippen molar-refractivity contribution in [3.05, 3.63) is 40.2 Å². The highest BCUT2D eigenvalue weighted by Crippen LogP contribution is 2.23. The van der Waals surface area contributed by atoms with E-state index in [0.717, 1.165) is 6.07 Å². The van der Waals surface area contributed by atoms with Crippen LogP contribution in [0.15, 0.2) is 34.0 Å². The molecule has 27 heavy (non-hydrogen) atoms. The third-order valence-corrected chi connectivity index (χ3v) is 6.17. The van der Waals surface area contributed by atoms with Gasteiger partial charge in [-0.3, -0.25) is 14.4 Å². The Hall–Kier alpha value is -2.72. The molecule has 0 saturated carbocycles. The Labute approximate surface area is 156 Å². The van der Waals surface area contributed by atoms with Gasteiger partial charge in [0.05, 0.1) is 10.5 Å². The van der Waals surface area contributed by atoms with E-state index in [1.807, 2.05) is 0 Å². The predicted molar refractivity (Wildman–Crippen MR) is 99.2 cm³/mol. The Morgan fingerprint density at radius 2 is 1.85 bits per heavy atom. The van der Waals surface area contributed by atoms with Gasteiger partial charge in [-0.25, -0.2) is 8.42 Å². The van der Waals surface area contributed by atoms with Crippen LogP contribution in [0.3, 0.4) is 0 Å². The number of nitrogens with zero attached hydrogens (tertiary/aromatic N) is 1. The zero-order valence-corrected chi connectivity index (χ0v) is 16.0. The molecule has 1 amide bonds. The summed E-state index contributed by atoms with van der Waals surface area (Å²) in [5, 5.41) is 11.4. The van der Waals surface area contributed by atoms with E-state index in [0.29, 0.717) is 0 Å². The van der Waals surface area contributed by atoms with Crippen LogP contribution in [0.5, 0.6) is 0 Å². The number of fused-ring (bicyclic) bond motifs is 1. The molecular formula is C17H21N3O6S. The summed E-state index contributed by atoms with van der Waals surface area (Å²) in [6.45, 7) is 5.28. The number of sulfonamides is 1. The average Bonchev–Trinajstić information content (AvgIpc) is 2.61. The van der Waals surface area contributed by atoms with Crippen LogP contribution in [0.25, 0.3) is 10.9 Å². The molecule has 9 nitrogen and oxygen atoms in total. The zero-order valence-electron chi connectivity index (χ0n) is 15.1. The number of nitrogens with one attached hydrogen (secondary N) is 2. The summed E-state index contributed by atoms with van der Waals surface area (Å²) >= 11 is 0. The van der Waals surface area contributed by atoms with Gasteiger partial charge in [0, 0.05) is 30.1 Å². The van der Waals surface area contributed by atoms with Gasteiger partial charge in [-0.1, -0.05) is 13.8 Å². The first-order valence-electron chi connectivity index (χ1n) is 8.32. The van der Waals surface area contributed by atoms with Crippen molar-refractivity contribution in [2.24, 2.45) is 0 Å². The molecule has 0 bridgehead atoms. The highest BCUT2D eigenvalue weighted by Gasteiger charge is 2.24. The smallest absolute Gasteiger partial charge is 0.325 e. The summed E-state index contributed by atoms with van der Waals surface area (Å²) in [7, 11) is -3.77. The SMILES string of the molecule is CCN(CC)S(=O)(=O)c1ccc2[nH]c(=O)cc(C(=O)N[C@H](C)C(=O)O)c2c1. The van der Waals surface area contributed by atoms with Gasteiger partial charge in [0.15, 0.2) is 0 Å². The zero-order chi connectivity index (χ0) is 20.4. The van der Waals surface area contributed by atoms with E-state index in [2.05, 4.69) is 10.3 Å². The molecule has 146 valence electrons. The van der Waals surface area contributed by atoms with Gasteiger partial charge in [-0.05, 0) is 25.1 Å². The van der Waals surface area contributed by atoms with Crippen LogP contribution >= 0.6 is 0 Å². The second-order valence-electron chi connectivity index (χ2n) is 5.88. The lowest BCUT2D eigenvalue weighted by atomic mass is 10.1. The first kappa shape index (κ1) is 20.6. The minimum atomic E-state index is -3.77. The number of aliphatic carboxylic acids is 1. The quantitative estimate of drug-likeness (QED) is 0.633. The van der Waals surface area contributed by atoms with Crippen molar-refractivity contribution < 1.29 is 23.1 Å². The van der Waals surface area contributed by atoms with Gasteiger partial charge >= 0.3 is 5.97 Å². The summed E-state index contributed by atoms with van der Waals surface area (Å²) in [6.07, 6.45) is 0. The first-order valence-corrected chi connectivity index (χ1v) is 9.76. The van der Waals surface area contributed by atoms with Crippen molar-refractivity contribution in [3.63, 3.8) is 0 Å². The summed E-state index contributed by atoms with van der Waals surface area (Å²) in [6, 6.07) is 3.91. The van der Waals surface area contributed by atoms with Gasteiger partial charge in [-0.2, -0.15) is 4.31 Å². The number of pyridine rings is 1. The maximum Gasteiger partial charge on any atom is 0.325 e. The molecule has 0 aliphatic heterocycles. The molecule has 1 aromatic carbocycles. The summed E-state index contributed by atoms with van der Waals surface area (Å²) < 4.78 is 26.7. The predicted octanol–water partition coefficient (Wildman–Crippen LogP) is 0.762. The fourth-order valence-electron chi connectivity index (χ4n) is 2.63. The van der Waals surface area contributed by atoms with E-state index >= 15 is 0 Å². The fourth-order valence-corrected chi connectivity index (χ4v) is 4.11. The molecule has 0 fully saturated rings. The Balaban J connectivity index is 2.63. The van der Waals surface area contributed by atoms with Gasteiger partial charge in [0.2, 0.25) is 15.6 Å². The van der Waals surface area contributed by atoms with Crippen molar-refractivity contribution in [1.82, 2.24) is 14.6 Å². The van der Waals surface area contributed by atoms with E-state index in [9.17, 15) is 22.8 Å². The second kappa shape index (κ2) is 7.89. The monoisotopic (exact) mass is 395 g/mol. The van der Waals surface area contributed by atoms with Crippen LogP contribution < -0.4 is 10.9 Å². The third kappa shape index (κ3) is 4.17. The van der Waals surface area contributed by atoms with Crippen LogP contribution in [0, 0.1) is 0 Å². The van der Waals surface area contributed by atoms with Crippen LogP contribution in [0.1, 0.15) is 31.1 Å². The van der Waals surface area contributed by atoms with E-state index in [1.165, 1.54) is 29.4 Å². The van der Waals surface area contributed by atoms with E-state index in [1.54, 1.807) is 13.8 Å². The summed E-state index contributed by atoms with van der Waals surface area (Å²) in [4.78, 5) is 37.7. The number of carboxylic acids is 1. The second-order valence-corrected chi connectivity index (χ2v) is 7.82. The largest absolute Gasteiger partial charge is 0.480 e. The number of carbonyl (C=O) groups excluding carboxylic acids is 1. The standard InChI is InChI=1S/C17H21N3O6S/c1-4-20(5-2)27(25,26)11-6-7-14-12(8-11)13(9-15(21)19-14)16(22)18-10(3)17(23)24/h6-10H,4-5H2,1-3H3,(H,18,22)(H,19,21)(H,23,24)/t10-/m1/s1. The topological polar surface area (TPSA) is 137 Å². The van der Waals surface area contributed by atoms with Crippen molar-refractivity contribution in [1.29, 1.82) is 0 Å². The Morgan fingerprint density at radius 3 is 2.41 bits per heavy atom. The molecule has 1 heterocycles. The molecule has 0 saturated heterocycles. The van der Waals surface area contributed by atoms with Gasteiger partial charge in [0.1, 0.15) is 6.04 Å². The average molecular weight is 395 g/mol. The van der Waals surface area contributed by atoms with Crippen molar-refractivity contribution in [3.8, 4) is 0 Å². The molecule has 0 radical (unpaired) electrons. The minimum Gasteiger partial charge on any atom is -0.480 e. The molecule has 0 aliphatic rings. The molecule has 3 N–H and O–H groups in total. The van der Waals surface area contributed by atoms with Gasteiger partial charge in [-0.15, -0.1) is 0 Å². The highest BCUT2D eigenvalue weighted by molar-refractivity contribution is 7.89. The Morgan fingerprint density at radius 1 is 1.22 bits per heavy atom. The molecule has 0 aliphatic carbocycles. The third-order valence-electron chi connectivity index (χ3n) is 4.12. The maximum atomic E-state index is 12.7. The molecule has 10 heteroatoms. The summed E-state index contributed by atoms with van der Waals surface area (Å²) in [5.74, 6) is -2.01. The van der Waals surface area contributed by atoms with Crippen molar-refractivity contribution >= 4 is 32.8 Å². The lowest BCUT2D eigenvalue weighted by molar-refractivity contribution is -0.138. The highest BCUT2D eigenvalue weighted by atomic mass is 32.2. The van der Waals surface area contributed by atoms with Crippen molar-refractivity contribution in [2.45, 2.75) is 31.7 Å². The Kier molecular flexibility index (Phi) is 6.01. The number of aromatic amines is 1.